The normalized spacial score (nSPS) is 14.3. The molecule has 0 spiro atoms. The maximum absolute atomic E-state index is 6.17. The second-order valence-electron chi connectivity index (χ2n) is 6.42. The molecule has 1 aromatic heterocycles. The number of para-hydroxylation sites is 1. The van der Waals surface area contributed by atoms with E-state index < -0.39 is 0 Å². The molecule has 0 aliphatic carbocycles. The third-order valence-electron chi connectivity index (χ3n) is 4.78. The number of methoxy groups -OCH3 is 1. The largest absolute Gasteiger partial charge is 0.496 e. The van der Waals surface area contributed by atoms with E-state index in [4.69, 9.17) is 21.3 Å². The summed E-state index contributed by atoms with van der Waals surface area (Å²) < 4.78 is 5.46. The molecule has 5 nitrogen and oxygen atoms in total. The van der Waals surface area contributed by atoms with Gasteiger partial charge in [-0.2, -0.15) is 0 Å². The molecule has 2 heterocycles. The molecule has 6 heteroatoms. The summed E-state index contributed by atoms with van der Waals surface area (Å²) >= 11 is 6.17. The molecule has 0 atom stereocenters. The molecule has 0 N–H and O–H groups in total. The van der Waals surface area contributed by atoms with E-state index in [0.717, 1.165) is 49.0 Å². The lowest BCUT2D eigenvalue weighted by Gasteiger charge is -2.36. The van der Waals surface area contributed by atoms with Crippen LogP contribution in [0.4, 0.5) is 11.5 Å². The van der Waals surface area contributed by atoms with Crippen molar-refractivity contribution in [2.45, 2.75) is 0 Å². The lowest BCUT2D eigenvalue weighted by Crippen LogP contribution is -2.46. The van der Waals surface area contributed by atoms with E-state index in [2.05, 4.69) is 39.0 Å². The second kappa shape index (κ2) is 7.84. The minimum Gasteiger partial charge on any atom is -0.496 e. The Bertz CT molecular complexity index is 911. The third-order valence-corrected chi connectivity index (χ3v) is 5.02. The van der Waals surface area contributed by atoms with Gasteiger partial charge in [0.05, 0.1) is 25.2 Å². The van der Waals surface area contributed by atoms with E-state index in [1.165, 1.54) is 5.69 Å². The molecule has 0 amide bonds. The van der Waals surface area contributed by atoms with Gasteiger partial charge in [0.25, 0.3) is 0 Å². The van der Waals surface area contributed by atoms with E-state index in [-0.39, 0.29) is 0 Å². The van der Waals surface area contributed by atoms with E-state index in [0.29, 0.717) is 5.02 Å². The van der Waals surface area contributed by atoms with Gasteiger partial charge in [-0.05, 0) is 30.3 Å². The van der Waals surface area contributed by atoms with Crippen molar-refractivity contribution >= 4 is 23.1 Å². The summed E-state index contributed by atoms with van der Waals surface area (Å²) in [5, 5.41) is 0.648. The molecular formula is C21H21ClN4O. The highest BCUT2D eigenvalue weighted by Gasteiger charge is 2.19. The van der Waals surface area contributed by atoms with Gasteiger partial charge < -0.3 is 14.5 Å². The number of hydrogen-bond acceptors (Lipinski definition) is 5. The smallest absolute Gasteiger partial charge is 0.147 e. The number of rotatable bonds is 4. The number of hydrogen-bond donors (Lipinski definition) is 0. The van der Waals surface area contributed by atoms with Crippen molar-refractivity contribution in [1.82, 2.24) is 9.97 Å². The van der Waals surface area contributed by atoms with Crippen LogP contribution < -0.4 is 14.5 Å². The predicted octanol–water partition coefficient (Wildman–Crippen LogP) is 4.13. The third kappa shape index (κ3) is 3.83. The first-order valence-electron chi connectivity index (χ1n) is 8.95. The number of halogens is 1. The zero-order valence-electron chi connectivity index (χ0n) is 15.2. The Morgan fingerprint density at radius 3 is 2.41 bits per heavy atom. The standard InChI is InChI=1S/C21H21ClN4O/c1-27-20-8-7-16(22)13-18(20)19-14-23-15-21(24-19)26-11-9-25(10-12-26)17-5-3-2-4-6-17/h2-8,13-15H,9-12H2,1H3. The maximum Gasteiger partial charge on any atom is 0.147 e. The minimum absolute atomic E-state index is 0.648. The van der Waals surface area contributed by atoms with E-state index in [9.17, 15) is 0 Å². The molecule has 1 aliphatic rings. The molecule has 138 valence electrons. The molecule has 2 aromatic carbocycles. The molecule has 0 radical (unpaired) electrons. The molecule has 27 heavy (non-hydrogen) atoms. The summed E-state index contributed by atoms with van der Waals surface area (Å²) in [6, 6.07) is 16.0. The average Bonchev–Trinajstić information content (AvgIpc) is 2.74. The fourth-order valence-electron chi connectivity index (χ4n) is 3.35. The predicted molar refractivity (Wildman–Crippen MR) is 110 cm³/mol. The van der Waals surface area contributed by atoms with E-state index >= 15 is 0 Å². The Morgan fingerprint density at radius 2 is 1.67 bits per heavy atom. The van der Waals surface area contributed by atoms with Crippen LogP contribution in [0.5, 0.6) is 5.75 Å². The molecule has 3 aromatic rings. The Morgan fingerprint density at radius 1 is 0.926 bits per heavy atom. The summed E-state index contributed by atoms with van der Waals surface area (Å²) in [7, 11) is 1.65. The number of ether oxygens (including phenoxy) is 1. The Labute approximate surface area is 164 Å². The Kier molecular flexibility index (Phi) is 5.12. The monoisotopic (exact) mass is 380 g/mol. The fraction of sp³-hybridized carbons (Fsp3) is 0.238. The first kappa shape index (κ1) is 17.6. The van der Waals surface area contributed by atoms with E-state index in [1.807, 2.05) is 30.5 Å². The van der Waals surface area contributed by atoms with Gasteiger partial charge in [-0.1, -0.05) is 29.8 Å². The zero-order valence-corrected chi connectivity index (χ0v) is 15.9. The van der Waals surface area contributed by atoms with Gasteiger partial charge in [0.2, 0.25) is 0 Å². The van der Waals surface area contributed by atoms with Crippen LogP contribution in [0.1, 0.15) is 0 Å². The minimum atomic E-state index is 0.648. The van der Waals surface area contributed by atoms with Crippen LogP contribution in [0.3, 0.4) is 0 Å². The summed E-state index contributed by atoms with van der Waals surface area (Å²) in [4.78, 5) is 13.9. The molecule has 0 saturated carbocycles. The first-order chi connectivity index (χ1) is 13.2. The topological polar surface area (TPSA) is 41.5 Å². The van der Waals surface area contributed by atoms with Gasteiger partial charge in [0.15, 0.2) is 0 Å². The highest BCUT2D eigenvalue weighted by atomic mass is 35.5. The zero-order chi connectivity index (χ0) is 18.6. The highest BCUT2D eigenvalue weighted by Crippen LogP contribution is 2.32. The molecular weight excluding hydrogens is 360 g/mol. The second-order valence-corrected chi connectivity index (χ2v) is 6.85. The van der Waals surface area contributed by atoms with Crippen LogP contribution in [0.2, 0.25) is 5.02 Å². The molecule has 1 fully saturated rings. The number of aromatic nitrogens is 2. The summed E-state index contributed by atoms with van der Waals surface area (Å²) in [6.07, 6.45) is 3.57. The maximum atomic E-state index is 6.17. The Balaban J connectivity index is 1.53. The van der Waals surface area contributed by atoms with Gasteiger partial charge >= 0.3 is 0 Å². The van der Waals surface area contributed by atoms with Crippen molar-refractivity contribution in [1.29, 1.82) is 0 Å². The lowest BCUT2D eigenvalue weighted by atomic mass is 10.1. The number of piperazine rings is 1. The number of anilines is 2. The Hall–Kier alpha value is -2.79. The van der Waals surface area contributed by atoms with Crippen LogP contribution in [0, 0.1) is 0 Å². The lowest BCUT2D eigenvalue weighted by molar-refractivity contribution is 0.416. The van der Waals surface area contributed by atoms with Gasteiger partial charge in [-0.25, -0.2) is 4.98 Å². The van der Waals surface area contributed by atoms with Crippen LogP contribution >= 0.6 is 11.6 Å². The van der Waals surface area contributed by atoms with Gasteiger partial charge in [0, 0.05) is 42.5 Å². The molecule has 0 unspecified atom stereocenters. The molecule has 0 bridgehead atoms. The van der Waals surface area contributed by atoms with Crippen molar-refractivity contribution in [3.8, 4) is 17.0 Å². The van der Waals surface area contributed by atoms with Crippen LogP contribution in [-0.2, 0) is 0 Å². The summed E-state index contributed by atoms with van der Waals surface area (Å²) in [6.45, 7) is 3.71. The summed E-state index contributed by atoms with van der Waals surface area (Å²) in [5.41, 5.74) is 2.88. The van der Waals surface area contributed by atoms with Crippen molar-refractivity contribution < 1.29 is 4.74 Å². The first-order valence-corrected chi connectivity index (χ1v) is 9.33. The van der Waals surface area contributed by atoms with Crippen LogP contribution in [0.15, 0.2) is 60.9 Å². The molecule has 1 saturated heterocycles. The van der Waals surface area contributed by atoms with Gasteiger partial charge in [0.1, 0.15) is 11.6 Å². The van der Waals surface area contributed by atoms with Gasteiger partial charge in [-0.3, -0.25) is 4.98 Å². The van der Waals surface area contributed by atoms with Crippen molar-refractivity contribution in [2.75, 3.05) is 43.1 Å². The van der Waals surface area contributed by atoms with Crippen molar-refractivity contribution in [3.05, 3.63) is 65.9 Å². The van der Waals surface area contributed by atoms with Crippen molar-refractivity contribution in [2.24, 2.45) is 0 Å². The summed E-state index contributed by atoms with van der Waals surface area (Å²) in [5.74, 6) is 1.61. The van der Waals surface area contributed by atoms with Gasteiger partial charge in [-0.15, -0.1) is 0 Å². The fourth-order valence-corrected chi connectivity index (χ4v) is 3.52. The number of benzene rings is 2. The van der Waals surface area contributed by atoms with E-state index in [1.54, 1.807) is 13.3 Å². The van der Waals surface area contributed by atoms with Crippen molar-refractivity contribution in [3.63, 3.8) is 0 Å². The quantitative estimate of drug-likeness (QED) is 0.680. The number of nitrogens with zero attached hydrogens (tertiary/aromatic N) is 4. The molecule has 1 aliphatic heterocycles. The highest BCUT2D eigenvalue weighted by molar-refractivity contribution is 6.30. The van der Waals surface area contributed by atoms with Crippen LogP contribution in [-0.4, -0.2) is 43.3 Å². The molecule has 4 rings (SSSR count). The SMILES string of the molecule is COc1ccc(Cl)cc1-c1cncc(N2CCN(c3ccccc3)CC2)n1. The van der Waals surface area contributed by atoms with Crippen LogP contribution in [0.25, 0.3) is 11.3 Å². The average molecular weight is 381 g/mol.